The van der Waals surface area contributed by atoms with Crippen molar-refractivity contribution in [1.82, 2.24) is 15.2 Å². The first-order valence-electron chi connectivity index (χ1n) is 10.7. The van der Waals surface area contributed by atoms with E-state index in [4.69, 9.17) is 4.99 Å². The minimum Gasteiger partial charge on any atom is -0.375 e. The SMILES string of the molecule is CCNC(=NCCCCN(C)c1ccccc1)N1CCN(c2ccccn2)CC1.I. The number of guanidine groups is 1. The van der Waals surface area contributed by atoms with Gasteiger partial charge in [0.05, 0.1) is 0 Å². The van der Waals surface area contributed by atoms with Crippen LogP contribution in [0.15, 0.2) is 59.7 Å². The molecule has 30 heavy (non-hydrogen) atoms. The Kier molecular flexibility index (Phi) is 10.8. The molecule has 164 valence electrons. The van der Waals surface area contributed by atoms with Gasteiger partial charge in [-0.1, -0.05) is 24.3 Å². The van der Waals surface area contributed by atoms with E-state index in [1.807, 2.05) is 12.3 Å². The number of nitrogens with one attached hydrogen (secondary N) is 1. The first-order chi connectivity index (χ1) is 14.3. The van der Waals surface area contributed by atoms with Gasteiger partial charge >= 0.3 is 0 Å². The molecular formula is C23H35IN6. The monoisotopic (exact) mass is 522 g/mol. The fourth-order valence-corrected chi connectivity index (χ4v) is 3.57. The van der Waals surface area contributed by atoms with E-state index in [9.17, 15) is 0 Å². The van der Waals surface area contributed by atoms with E-state index < -0.39 is 0 Å². The third-order valence-corrected chi connectivity index (χ3v) is 5.25. The van der Waals surface area contributed by atoms with Crippen LogP contribution < -0.4 is 15.1 Å². The molecule has 2 aromatic rings. The molecule has 7 heteroatoms. The zero-order chi connectivity index (χ0) is 20.3. The molecule has 0 unspecified atom stereocenters. The minimum absolute atomic E-state index is 0. The zero-order valence-electron chi connectivity index (χ0n) is 18.2. The fraction of sp³-hybridized carbons (Fsp3) is 0.478. The van der Waals surface area contributed by atoms with E-state index in [0.29, 0.717) is 0 Å². The second kappa shape index (κ2) is 13.3. The Hall–Kier alpha value is -2.03. The van der Waals surface area contributed by atoms with Crippen molar-refractivity contribution in [3.8, 4) is 0 Å². The number of rotatable bonds is 8. The Bertz CT molecular complexity index is 732. The van der Waals surface area contributed by atoms with Gasteiger partial charge in [-0.15, -0.1) is 24.0 Å². The number of halogens is 1. The summed E-state index contributed by atoms with van der Waals surface area (Å²) < 4.78 is 0. The normalized spacial score (nSPS) is 14.3. The van der Waals surface area contributed by atoms with E-state index >= 15 is 0 Å². The van der Waals surface area contributed by atoms with Crippen LogP contribution in [0.5, 0.6) is 0 Å². The van der Waals surface area contributed by atoms with Crippen LogP contribution in [0.4, 0.5) is 11.5 Å². The molecule has 0 saturated carbocycles. The van der Waals surface area contributed by atoms with Gasteiger partial charge in [0.15, 0.2) is 5.96 Å². The van der Waals surface area contributed by atoms with Crippen molar-refractivity contribution in [2.45, 2.75) is 19.8 Å². The highest BCUT2D eigenvalue weighted by atomic mass is 127. The number of nitrogens with zero attached hydrogens (tertiary/aromatic N) is 5. The number of hydrogen-bond acceptors (Lipinski definition) is 4. The van der Waals surface area contributed by atoms with Crippen LogP contribution in [0.25, 0.3) is 0 Å². The highest BCUT2D eigenvalue weighted by Crippen LogP contribution is 2.13. The summed E-state index contributed by atoms with van der Waals surface area (Å²) in [7, 11) is 2.16. The number of benzene rings is 1. The lowest BCUT2D eigenvalue weighted by Crippen LogP contribution is -2.52. The summed E-state index contributed by atoms with van der Waals surface area (Å²) in [4.78, 5) is 16.4. The number of unbranched alkanes of at least 4 members (excludes halogenated alkanes) is 1. The van der Waals surface area contributed by atoms with Gasteiger partial charge in [0, 0.05) is 64.7 Å². The quantitative estimate of drug-likeness (QED) is 0.248. The molecule has 0 bridgehead atoms. The Morgan fingerprint density at radius 1 is 1.03 bits per heavy atom. The summed E-state index contributed by atoms with van der Waals surface area (Å²) in [6, 6.07) is 16.7. The highest BCUT2D eigenvalue weighted by Gasteiger charge is 2.20. The molecule has 1 fully saturated rings. The van der Waals surface area contributed by atoms with Gasteiger partial charge in [0.2, 0.25) is 0 Å². The first kappa shape index (κ1) is 24.2. The van der Waals surface area contributed by atoms with Crippen LogP contribution >= 0.6 is 24.0 Å². The van der Waals surface area contributed by atoms with Crippen LogP contribution in [-0.2, 0) is 0 Å². The lowest BCUT2D eigenvalue weighted by atomic mass is 10.2. The van der Waals surface area contributed by atoms with Gasteiger partial charge in [0.25, 0.3) is 0 Å². The molecule has 0 atom stereocenters. The molecule has 2 heterocycles. The topological polar surface area (TPSA) is 47.0 Å². The van der Waals surface area contributed by atoms with Gasteiger partial charge in [-0.2, -0.15) is 0 Å². The molecule has 3 rings (SSSR count). The standard InChI is InChI=1S/C23H34N6.HI/c1-3-24-23(26-15-9-10-16-27(2)21-11-5-4-6-12-21)29-19-17-28(18-20-29)22-13-7-8-14-25-22;/h4-8,11-14H,3,9-10,15-20H2,1-2H3,(H,24,26);1H. The van der Waals surface area contributed by atoms with E-state index in [2.05, 4.69) is 81.4 Å². The van der Waals surface area contributed by atoms with Crippen molar-refractivity contribution in [3.63, 3.8) is 0 Å². The molecule has 0 aliphatic carbocycles. The number of hydrogen-bond donors (Lipinski definition) is 1. The van der Waals surface area contributed by atoms with Gasteiger partial charge in [-0.25, -0.2) is 4.98 Å². The molecular weight excluding hydrogens is 487 g/mol. The van der Waals surface area contributed by atoms with E-state index in [1.165, 1.54) is 5.69 Å². The first-order valence-corrected chi connectivity index (χ1v) is 10.7. The number of anilines is 2. The fourth-order valence-electron chi connectivity index (χ4n) is 3.57. The van der Waals surface area contributed by atoms with Gasteiger partial charge in [-0.3, -0.25) is 4.99 Å². The third-order valence-electron chi connectivity index (χ3n) is 5.25. The van der Waals surface area contributed by atoms with Crippen molar-refractivity contribution < 1.29 is 0 Å². The maximum Gasteiger partial charge on any atom is 0.194 e. The van der Waals surface area contributed by atoms with Crippen LogP contribution in [0.3, 0.4) is 0 Å². The van der Waals surface area contributed by atoms with Crippen molar-refractivity contribution in [3.05, 3.63) is 54.7 Å². The summed E-state index contributed by atoms with van der Waals surface area (Å²) in [5.41, 5.74) is 1.27. The van der Waals surface area contributed by atoms with Gasteiger partial charge in [-0.05, 0) is 44.0 Å². The van der Waals surface area contributed by atoms with E-state index in [1.54, 1.807) is 0 Å². The maximum absolute atomic E-state index is 4.88. The van der Waals surface area contributed by atoms with Crippen LogP contribution in [0.1, 0.15) is 19.8 Å². The predicted molar refractivity (Wildman–Crippen MR) is 138 cm³/mol. The second-order valence-corrected chi connectivity index (χ2v) is 7.36. The Balaban J connectivity index is 0.00000320. The molecule has 1 aromatic carbocycles. The average molecular weight is 522 g/mol. The molecule has 0 amide bonds. The lowest BCUT2D eigenvalue weighted by molar-refractivity contribution is 0.371. The van der Waals surface area contributed by atoms with E-state index in [-0.39, 0.29) is 24.0 Å². The summed E-state index contributed by atoms with van der Waals surface area (Å²) >= 11 is 0. The largest absolute Gasteiger partial charge is 0.375 e. The summed E-state index contributed by atoms with van der Waals surface area (Å²) in [6.45, 7) is 8.85. The molecule has 1 N–H and O–H groups in total. The van der Waals surface area contributed by atoms with E-state index in [0.717, 1.165) is 70.4 Å². The van der Waals surface area contributed by atoms with Crippen LogP contribution in [0, 0.1) is 0 Å². The second-order valence-electron chi connectivity index (χ2n) is 7.36. The number of para-hydroxylation sites is 1. The smallest absolute Gasteiger partial charge is 0.194 e. The Morgan fingerprint density at radius 3 is 2.43 bits per heavy atom. The summed E-state index contributed by atoms with van der Waals surface area (Å²) in [5, 5.41) is 3.46. The Labute approximate surface area is 198 Å². The van der Waals surface area contributed by atoms with Crippen molar-refractivity contribution in [2.75, 3.05) is 62.7 Å². The molecule has 6 nitrogen and oxygen atoms in total. The van der Waals surface area contributed by atoms with Crippen LogP contribution in [-0.4, -0.2) is 68.7 Å². The molecule has 0 radical (unpaired) electrons. The van der Waals surface area contributed by atoms with Gasteiger partial charge in [0.1, 0.15) is 5.82 Å². The average Bonchev–Trinajstić information content (AvgIpc) is 2.79. The maximum atomic E-state index is 4.88. The molecule has 1 aliphatic rings. The number of aromatic nitrogens is 1. The number of aliphatic imine (C=N–C) groups is 1. The van der Waals surface area contributed by atoms with Gasteiger partial charge < -0.3 is 20.0 Å². The third kappa shape index (κ3) is 7.34. The molecule has 1 saturated heterocycles. The Morgan fingerprint density at radius 2 is 1.77 bits per heavy atom. The lowest BCUT2D eigenvalue weighted by Gasteiger charge is -2.37. The molecule has 1 aliphatic heterocycles. The van der Waals surface area contributed by atoms with Crippen molar-refractivity contribution >= 4 is 41.4 Å². The highest BCUT2D eigenvalue weighted by molar-refractivity contribution is 14.0. The van der Waals surface area contributed by atoms with Crippen LogP contribution in [0.2, 0.25) is 0 Å². The zero-order valence-corrected chi connectivity index (χ0v) is 20.5. The minimum atomic E-state index is 0. The van der Waals surface area contributed by atoms with Crippen molar-refractivity contribution in [1.29, 1.82) is 0 Å². The number of piperazine rings is 1. The molecule has 0 spiro atoms. The molecule has 1 aromatic heterocycles. The number of pyridine rings is 1. The predicted octanol–water partition coefficient (Wildman–Crippen LogP) is 3.70. The summed E-state index contributed by atoms with van der Waals surface area (Å²) in [5.74, 6) is 2.11. The summed E-state index contributed by atoms with van der Waals surface area (Å²) in [6.07, 6.45) is 4.10. The van der Waals surface area contributed by atoms with Crippen molar-refractivity contribution in [2.24, 2.45) is 4.99 Å².